The summed E-state index contributed by atoms with van der Waals surface area (Å²) in [6, 6.07) is 3.85. The molecule has 1 saturated carbocycles. The van der Waals surface area contributed by atoms with Crippen molar-refractivity contribution < 1.29 is 14.3 Å². The lowest BCUT2D eigenvalue weighted by Gasteiger charge is -2.09. The van der Waals surface area contributed by atoms with E-state index in [9.17, 15) is 4.79 Å². The summed E-state index contributed by atoms with van der Waals surface area (Å²) < 4.78 is 5.67. The Kier molecular flexibility index (Phi) is 4.43. The number of carbonyl (C=O) groups excluding carboxylic acids is 1. The first kappa shape index (κ1) is 13.9. The van der Waals surface area contributed by atoms with Gasteiger partial charge in [0.05, 0.1) is 0 Å². The van der Waals surface area contributed by atoms with Gasteiger partial charge in [-0.15, -0.1) is 0 Å². The minimum Gasteiger partial charge on any atom is -0.461 e. The van der Waals surface area contributed by atoms with Gasteiger partial charge < -0.3 is 14.8 Å². The lowest BCUT2D eigenvalue weighted by molar-refractivity contribution is -0.117. The van der Waals surface area contributed by atoms with Crippen molar-refractivity contribution in [3.05, 3.63) is 29.7 Å². The molecule has 1 aromatic heterocycles. The van der Waals surface area contributed by atoms with Gasteiger partial charge in [-0.05, 0) is 43.9 Å². The van der Waals surface area contributed by atoms with E-state index in [0.717, 1.165) is 5.76 Å². The van der Waals surface area contributed by atoms with Crippen LogP contribution in [-0.4, -0.2) is 23.7 Å². The molecule has 3 atom stereocenters. The molecule has 1 aliphatic rings. The molecule has 0 bridgehead atoms. The predicted octanol–water partition coefficient (Wildman–Crippen LogP) is 2.30. The van der Waals surface area contributed by atoms with Crippen molar-refractivity contribution in [3.63, 3.8) is 0 Å². The van der Waals surface area contributed by atoms with Crippen molar-refractivity contribution >= 4 is 12.0 Å². The van der Waals surface area contributed by atoms with Crippen molar-refractivity contribution in [3.8, 4) is 0 Å². The molecule has 1 aromatic rings. The molecule has 19 heavy (non-hydrogen) atoms. The molecule has 4 nitrogen and oxygen atoms in total. The molecule has 1 aliphatic carbocycles. The van der Waals surface area contributed by atoms with Crippen LogP contribution in [-0.2, 0) is 4.79 Å². The second kappa shape index (κ2) is 6.06. The Morgan fingerprint density at radius 3 is 3.00 bits per heavy atom. The molecule has 3 unspecified atom stereocenters. The van der Waals surface area contributed by atoms with Gasteiger partial charge in [0.2, 0.25) is 5.91 Å². The molecule has 0 aromatic carbocycles. The van der Waals surface area contributed by atoms with E-state index in [1.165, 1.54) is 12.5 Å². The fourth-order valence-electron chi connectivity index (χ4n) is 2.09. The van der Waals surface area contributed by atoms with E-state index in [-0.39, 0.29) is 18.6 Å². The third-order valence-electron chi connectivity index (χ3n) is 3.47. The molecule has 0 aliphatic heterocycles. The number of nitrogens with one attached hydrogen (secondary N) is 1. The van der Waals surface area contributed by atoms with Gasteiger partial charge in [-0.1, -0.05) is 6.92 Å². The maximum absolute atomic E-state index is 11.6. The quantitative estimate of drug-likeness (QED) is 0.774. The van der Waals surface area contributed by atoms with Crippen molar-refractivity contribution in [1.82, 2.24) is 5.32 Å². The van der Waals surface area contributed by atoms with Crippen LogP contribution in [0.2, 0.25) is 0 Å². The zero-order chi connectivity index (χ0) is 13.8. The van der Waals surface area contributed by atoms with Crippen LogP contribution in [0.25, 0.3) is 6.08 Å². The Bertz CT molecular complexity index is 464. The predicted molar refractivity (Wildman–Crippen MR) is 73.6 cm³/mol. The van der Waals surface area contributed by atoms with Crippen LogP contribution in [0.4, 0.5) is 0 Å². The molecular formula is C15H21NO3. The summed E-state index contributed by atoms with van der Waals surface area (Å²) in [5, 5.41) is 11.5. The summed E-state index contributed by atoms with van der Waals surface area (Å²) in [6.45, 7) is 4.15. The third-order valence-corrected chi connectivity index (χ3v) is 3.47. The van der Waals surface area contributed by atoms with E-state index in [2.05, 4.69) is 12.2 Å². The zero-order valence-electron chi connectivity index (χ0n) is 11.4. The number of carbonyl (C=O) groups is 1. The summed E-state index contributed by atoms with van der Waals surface area (Å²) >= 11 is 0. The minimum absolute atomic E-state index is 0.0263. The van der Waals surface area contributed by atoms with Crippen LogP contribution in [0, 0.1) is 5.92 Å². The molecule has 0 radical (unpaired) electrons. The molecule has 0 saturated heterocycles. The minimum atomic E-state index is -0.168. The Balaban J connectivity index is 1.84. The number of hydrogen-bond acceptors (Lipinski definition) is 3. The standard InChI is InChI=1S/C15H21NO3/c1-10-9-13(10)14-5-3-12(19-14)4-6-15(18)16-11(2)7-8-17/h3-6,10-11,13,17H,7-9H2,1-2H3,(H,16,18)/b6-4+. The van der Waals surface area contributed by atoms with Crippen LogP contribution in [0.1, 0.15) is 44.1 Å². The highest BCUT2D eigenvalue weighted by Crippen LogP contribution is 2.47. The normalized spacial score (nSPS) is 23.5. The Morgan fingerprint density at radius 1 is 1.63 bits per heavy atom. The number of rotatable bonds is 6. The van der Waals surface area contributed by atoms with Crippen molar-refractivity contribution in [2.75, 3.05) is 6.61 Å². The number of aliphatic hydroxyl groups is 1. The fourth-order valence-corrected chi connectivity index (χ4v) is 2.09. The molecular weight excluding hydrogens is 242 g/mol. The topological polar surface area (TPSA) is 62.5 Å². The van der Waals surface area contributed by atoms with Gasteiger partial charge in [-0.2, -0.15) is 0 Å². The average molecular weight is 263 g/mol. The Morgan fingerprint density at radius 2 is 2.37 bits per heavy atom. The van der Waals surface area contributed by atoms with Crippen molar-refractivity contribution in [2.24, 2.45) is 5.92 Å². The summed E-state index contributed by atoms with van der Waals surface area (Å²) in [5.74, 6) is 2.82. The van der Waals surface area contributed by atoms with Crippen LogP contribution in [0.15, 0.2) is 22.6 Å². The summed E-state index contributed by atoms with van der Waals surface area (Å²) in [4.78, 5) is 11.6. The summed E-state index contributed by atoms with van der Waals surface area (Å²) in [5.41, 5.74) is 0. The van der Waals surface area contributed by atoms with Gasteiger partial charge in [-0.25, -0.2) is 0 Å². The second-order valence-electron chi connectivity index (χ2n) is 5.31. The molecule has 0 spiro atoms. The first-order valence-corrected chi connectivity index (χ1v) is 6.79. The van der Waals surface area contributed by atoms with E-state index >= 15 is 0 Å². The van der Waals surface area contributed by atoms with Crippen LogP contribution in [0.3, 0.4) is 0 Å². The van der Waals surface area contributed by atoms with Gasteiger partial charge >= 0.3 is 0 Å². The monoisotopic (exact) mass is 263 g/mol. The Labute approximate surface area is 113 Å². The van der Waals surface area contributed by atoms with E-state index in [1.54, 1.807) is 6.08 Å². The lowest BCUT2D eigenvalue weighted by atomic mass is 10.2. The number of aliphatic hydroxyl groups excluding tert-OH is 1. The van der Waals surface area contributed by atoms with E-state index in [4.69, 9.17) is 9.52 Å². The molecule has 1 heterocycles. The van der Waals surface area contributed by atoms with Gasteiger partial charge in [0.25, 0.3) is 0 Å². The van der Waals surface area contributed by atoms with Crippen LogP contribution in [0.5, 0.6) is 0 Å². The van der Waals surface area contributed by atoms with Gasteiger partial charge in [-0.3, -0.25) is 4.79 Å². The Hall–Kier alpha value is -1.55. The highest BCUT2D eigenvalue weighted by molar-refractivity contribution is 5.91. The smallest absolute Gasteiger partial charge is 0.244 e. The lowest BCUT2D eigenvalue weighted by Crippen LogP contribution is -2.31. The maximum Gasteiger partial charge on any atom is 0.244 e. The number of hydrogen-bond donors (Lipinski definition) is 2. The molecule has 4 heteroatoms. The highest BCUT2D eigenvalue weighted by Gasteiger charge is 2.36. The summed E-state index contributed by atoms with van der Waals surface area (Å²) in [6.07, 6.45) is 4.89. The first-order valence-electron chi connectivity index (χ1n) is 6.79. The van der Waals surface area contributed by atoms with E-state index in [0.29, 0.717) is 24.0 Å². The molecule has 1 amide bonds. The van der Waals surface area contributed by atoms with Gasteiger partial charge in [0.1, 0.15) is 11.5 Å². The van der Waals surface area contributed by atoms with Crippen molar-refractivity contribution in [1.29, 1.82) is 0 Å². The van der Waals surface area contributed by atoms with Crippen LogP contribution < -0.4 is 5.32 Å². The van der Waals surface area contributed by atoms with E-state index in [1.807, 2.05) is 19.1 Å². The van der Waals surface area contributed by atoms with Crippen LogP contribution >= 0.6 is 0 Å². The number of furan rings is 1. The molecule has 2 N–H and O–H groups in total. The number of amides is 1. The zero-order valence-corrected chi connectivity index (χ0v) is 11.4. The fraction of sp³-hybridized carbons (Fsp3) is 0.533. The highest BCUT2D eigenvalue weighted by atomic mass is 16.3. The summed E-state index contributed by atoms with van der Waals surface area (Å²) in [7, 11) is 0. The molecule has 104 valence electrons. The molecule has 1 fully saturated rings. The molecule has 2 rings (SSSR count). The largest absolute Gasteiger partial charge is 0.461 e. The first-order chi connectivity index (χ1) is 9.10. The van der Waals surface area contributed by atoms with E-state index < -0.39 is 0 Å². The average Bonchev–Trinajstić information content (AvgIpc) is 2.91. The third kappa shape index (κ3) is 3.96. The van der Waals surface area contributed by atoms with Crippen molar-refractivity contribution in [2.45, 2.75) is 38.6 Å². The maximum atomic E-state index is 11.6. The second-order valence-corrected chi connectivity index (χ2v) is 5.31. The van der Waals surface area contributed by atoms with Gasteiger partial charge in [0, 0.05) is 24.6 Å². The SMILES string of the molecule is CC(CCO)NC(=O)/C=C/c1ccc(C2CC2C)o1. The van der Waals surface area contributed by atoms with Gasteiger partial charge in [0.15, 0.2) is 0 Å².